The Morgan fingerprint density at radius 3 is 2.94 bits per heavy atom. The molecular weight excluding hydrogens is 426 g/mol. The zero-order valence-corrected chi connectivity index (χ0v) is 17.5. The molecule has 0 radical (unpaired) electrons. The number of imidazole rings is 1. The number of ether oxygens (including phenoxy) is 1. The normalized spacial score (nSPS) is 22.8. The standard InChI is InChI=1S/C22H23N7O4/c1-2-7-28-10-12(13-5-3-4-6-14(13)28)8-24-9-15-17(30)18(31)21(33-15)29-11-25-16-19(29)26-22(23)27-20(16)32/h1,3-6,10-11,15,17-18,21,24,30-31H,7-9H2,(H3,23,26,27,32)/t15-,17-,18-,21-/m1/s1. The van der Waals surface area contributed by atoms with E-state index in [9.17, 15) is 15.0 Å². The summed E-state index contributed by atoms with van der Waals surface area (Å²) in [6, 6.07) is 7.98. The number of aliphatic hydroxyl groups is 2. The topological polar surface area (TPSA) is 156 Å². The summed E-state index contributed by atoms with van der Waals surface area (Å²) in [5, 5.41) is 25.5. The van der Waals surface area contributed by atoms with Crippen LogP contribution in [0.5, 0.6) is 0 Å². The van der Waals surface area contributed by atoms with Gasteiger partial charge >= 0.3 is 0 Å². The zero-order chi connectivity index (χ0) is 23.1. The highest BCUT2D eigenvalue weighted by atomic mass is 16.6. The van der Waals surface area contributed by atoms with Gasteiger partial charge in [-0.1, -0.05) is 24.1 Å². The van der Waals surface area contributed by atoms with Crippen LogP contribution in [-0.4, -0.2) is 59.2 Å². The number of H-pyrrole nitrogens is 1. The van der Waals surface area contributed by atoms with Gasteiger partial charge in [0.05, 0.1) is 12.9 Å². The van der Waals surface area contributed by atoms with E-state index in [0.29, 0.717) is 13.1 Å². The van der Waals surface area contributed by atoms with E-state index in [1.54, 1.807) is 0 Å². The maximum absolute atomic E-state index is 12.0. The highest BCUT2D eigenvalue weighted by molar-refractivity contribution is 5.84. The fourth-order valence-corrected chi connectivity index (χ4v) is 4.30. The third-order valence-electron chi connectivity index (χ3n) is 5.86. The summed E-state index contributed by atoms with van der Waals surface area (Å²) in [5.41, 5.74) is 7.49. The Balaban J connectivity index is 1.31. The number of nitrogens with one attached hydrogen (secondary N) is 2. The third kappa shape index (κ3) is 3.65. The SMILES string of the molecule is C#CCn1cc(CNC[C@H]2O[C@@H](n3cnc4c(=O)[nH]c(N)nc43)[C@H](O)[C@@H]2O)c2ccccc21. The summed E-state index contributed by atoms with van der Waals surface area (Å²) in [5.74, 6) is 2.58. The fraction of sp³-hybridized carbons (Fsp3) is 0.318. The number of rotatable bonds is 6. The van der Waals surface area contributed by atoms with E-state index in [4.69, 9.17) is 16.9 Å². The molecular formula is C22H23N7O4. The number of terminal acetylenes is 1. The minimum atomic E-state index is -1.24. The van der Waals surface area contributed by atoms with Crippen molar-refractivity contribution < 1.29 is 14.9 Å². The number of anilines is 1. The van der Waals surface area contributed by atoms with E-state index in [2.05, 4.69) is 26.2 Å². The van der Waals surface area contributed by atoms with Crippen LogP contribution in [0, 0.1) is 12.3 Å². The summed E-state index contributed by atoms with van der Waals surface area (Å²) in [6.45, 7) is 1.28. The summed E-state index contributed by atoms with van der Waals surface area (Å²) in [6.07, 6.45) is 4.77. The van der Waals surface area contributed by atoms with E-state index in [-0.39, 0.29) is 23.7 Å². The average molecular weight is 449 g/mol. The molecule has 11 heteroatoms. The predicted octanol–water partition coefficient (Wildman–Crippen LogP) is -0.301. The molecule has 4 aromatic rings. The number of nitrogens with zero attached hydrogens (tertiary/aromatic N) is 4. The number of nitrogens with two attached hydrogens (primary N) is 1. The molecule has 0 amide bonds. The van der Waals surface area contributed by atoms with Gasteiger partial charge in [0.2, 0.25) is 5.95 Å². The Morgan fingerprint density at radius 2 is 2.12 bits per heavy atom. The zero-order valence-electron chi connectivity index (χ0n) is 17.5. The van der Waals surface area contributed by atoms with Crippen molar-refractivity contribution in [3.63, 3.8) is 0 Å². The van der Waals surface area contributed by atoms with Crippen LogP contribution < -0.4 is 16.6 Å². The van der Waals surface area contributed by atoms with Crippen LogP contribution in [0.2, 0.25) is 0 Å². The molecule has 0 aliphatic carbocycles. The number of para-hydroxylation sites is 1. The van der Waals surface area contributed by atoms with E-state index in [1.807, 2.05) is 35.0 Å². The number of aromatic nitrogens is 5. The van der Waals surface area contributed by atoms with E-state index in [1.165, 1.54) is 10.9 Å². The minimum Gasteiger partial charge on any atom is -0.387 e. The molecule has 33 heavy (non-hydrogen) atoms. The van der Waals surface area contributed by atoms with E-state index in [0.717, 1.165) is 16.5 Å². The Kier molecular flexibility index (Phi) is 5.35. The molecule has 1 aliphatic heterocycles. The molecule has 4 heterocycles. The van der Waals surface area contributed by atoms with Gasteiger partial charge in [0.25, 0.3) is 5.56 Å². The molecule has 0 unspecified atom stereocenters. The van der Waals surface area contributed by atoms with Crippen molar-refractivity contribution in [1.29, 1.82) is 0 Å². The van der Waals surface area contributed by atoms with Gasteiger partial charge < -0.3 is 30.6 Å². The molecule has 1 aromatic carbocycles. The maximum Gasteiger partial charge on any atom is 0.280 e. The van der Waals surface area contributed by atoms with Crippen LogP contribution in [0.25, 0.3) is 22.1 Å². The highest BCUT2D eigenvalue weighted by Crippen LogP contribution is 2.31. The van der Waals surface area contributed by atoms with E-state index < -0.39 is 30.1 Å². The summed E-state index contributed by atoms with van der Waals surface area (Å²) >= 11 is 0. The van der Waals surface area contributed by atoms with Gasteiger partial charge in [0.1, 0.15) is 18.3 Å². The summed E-state index contributed by atoms with van der Waals surface area (Å²) in [4.78, 5) is 22.5. The lowest BCUT2D eigenvalue weighted by Gasteiger charge is -2.16. The Morgan fingerprint density at radius 1 is 1.30 bits per heavy atom. The lowest BCUT2D eigenvalue weighted by molar-refractivity contribution is -0.0342. The average Bonchev–Trinajstić information content (AvgIpc) is 3.45. The monoisotopic (exact) mass is 449 g/mol. The first-order valence-electron chi connectivity index (χ1n) is 10.4. The van der Waals surface area contributed by atoms with Crippen LogP contribution in [0.15, 0.2) is 41.6 Å². The number of aromatic amines is 1. The van der Waals surface area contributed by atoms with Gasteiger partial charge in [-0.3, -0.25) is 14.3 Å². The van der Waals surface area contributed by atoms with Crippen LogP contribution in [0.4, 0.5) is 5.95 Å². The molecule has 0 bridgehead atoms. The number of aliphatic hydroxyl groups excluding tert-OH is 2. The summed E-state index contributed by atoms with van der Waals surface area (Å²) < 4.78 is 9.34. The maximum atomic E-state index is 12.0. The smallest absolute Gasteiger partial charge is 0.280 e. The Hall–Kier alpha value is -3.69. The molecule has 1 fully saturated rings. The first-order valence-corrected chi connectivity index (χ1v) is 10.4. The van der Waals surface area contributed by atoms with Crippen molar-refractivity contribution in [2.45, 2.75) is 37.6 Å². The molecule has 6 N–H and O–H groups in total. The fourth-order valence-electron chi connectivity index (χ4n) is 4.30. The first-order chi connectivity index (χ1) is 16.0. The largest absolute Gasteiger partial charge is 0.387 e. The van der Waals surface area contributed by atoms with Crippen molar-refractivity contribution in [2.24, 2.45) is 0 Å². The van der Waals surface area contributed by atoms with Crippen molar-refractivity contribution in [3.8, 4) is 12.3 Å². The van der Waals surface area contributed by atoms with Crippen molar-refractivity contribution in [1.82, 2.24) is 29.4 Å². The quantitative estimate of drug-likeness (QED) is 0.251. The molecule has 3 aromatic heterocycles. The molecule has 170 valence electrons. The van der Waals surface area contributed by atoms with Crippen molar-refractivity contribution >= 4 is 28.0 Å². The van der Waals surface area contributed by atoms with Gasteiger partial charge in [0, 0.05) is 30.2 Å². The molecule has 5 rings (SSSR count). The predicted molar refractivity (Wildman–Crippen MR) is 121 cm³/mol. The highest BCUT2D eigenvalue weighted by Gasteiger charge is 2.44. The number of benzene rings is 1. The van der Waals surface area contributed by atoms with Gasteiger partial charge in [0.15, 0.2) is 17.4 Å². The Bertz CT molecular complexity index is 1420. The molecule has 1 saturated heterocycles. The molecule has 0 spiro atoms. The van der Waals surface area contributed by atoms with Gasteiger partial charge in [-0.05, 0) is 11.6 Å². The van der Waals surface area contributed by atoms with Gasteiger partial charge in [-0.15, -0.1) is 6.42 Å². The second-order valence-corrected chi connectivity index (χ2v) is 7.96. The van der Waals surface area contributed by atoms with Crippen LogP contribution in [0.1, 0.15) is 11.8 Å². The van der Waals surface area contributed by atoms with Crippen LogP contribution in [-0.2, 0) is 17.8 Å². The van der Waals surface area contributed by atoms with Gasteiger partial charge in [-0.2, -0.15) is 4.98 Å². The molecule has 11 nitrogen and oxygen atoms in total. The number of nitrogen functional groups attached to an aromatic ring is 1. The van der Waals surface area contributed by atoms with E-state index >= 15 is 0 Å². The van der Waals surface area contributed by atoms with Crippen molar-refractivity contribution in [3.05, 3.63) is 52.7 Å². The second kappa shape index (κ2) is 8.34. The Labute approximate surface area is 187 Å². The molecule has 0 saturated carbocycles. The minimum absolute atomic E-state index is 0.0689. The first kappa shape index (κ1) is 21.2. The summed E-state index contributed by atoms with van der Waals surface area (Å²) in [7, 11) is 0. The lowest BCUT2D eigenvalue weighted by atomic mass is 10.1. The molecule has 1 aliphatic rings. The number of hydrogen-bond donors (Lipinski definition) is 5. The third-order valence-corrected chi connectivity index (χ3v) is 5.86. The van der Waals surface area contributed by atoms with Crippen LogP contribution in [0.3, 0.4) is 0 Å². The van der Waals surface area contributed by atoms with Gasteiger partial charge in [-0.25, -0.2) is 4.98 Å². The lowest BCUT2D eigenvalue weighted by Crippen LogP contribution is -2.37. The number of fused-ring (bicyclic) bond motifs is 2. The van der Waals surface area contributed by atoms with Crippen molar-refractivity contribution in [2.75, 3.05) is 12.3 Å². The molecule has 4 atom stereocenters. The second-order valence-electron chi connectivity index (χ2n) is 7.96. The van der Waals surface area contributed by atoms with Crippen LogP contribution >= 0.6 is 0 Å². The number of hydrogen-bond acceptors (Lipinski definition) is 8.